The van der Waals surface area contributed by atoms with Gasteiger partial charge in [0.2, 0.25) is 5.52 Å². The van der Waals surface area contributed by atoms with Gasteiger partial charge in [-0.1, -0.05) is 44.2 Å². The third-order valence-electron chi connectivity index (χ3n) is 7.07. The molecule has 0 atom stereocenters. The van der Waals surface area contributed by atoms with Gasteiger partial charge in [0.1, 0.15) is 7.05 Å². The van der Waals surface area contributed by atoms with Crippen molar-refractivity contribution in [2.45, 2.75) is 40.5 Å². The van der Waals surface area contributed by atoms with E-state index in [1.165, 1.54) is 71.3 Å². The Morgan fingerprint density at radius 1 is 0.767 bits per heavy atom. The predicted octanol–water partition coefficient (Wildman–Crippen LogP) is 6.86. The topological polar surface area (TPSA) is 8.29 Å². The van der Waals surface area contributed by atoms with Crippen molar-refractivity contribution in [2.75, 3.05) is 0 Å². The Kier molecular flexibility index (Phi) is 3.38. The lowest BCUT2D eigenvalue weighted by Gasteiger charge is -2.15. The average molecular weight is 392 g/mol. The molecule has 2 nitrogen and oxygen atoms in total. The number of aromatic nitrogens is 2. The summed E-state index contributed by atoms with van der Waals surface area (Å²) in [6, 6.07) is 16.3. The Labute approximate surface area is 176 Å². The molecule has 6 aromatic rings. The zero-order chi connectivity index (χ0) is 20.9. The summed E-state index contributed by atoms with van der Waals surface area (Å²) in [6.45, 7) is 11.3. The Morgan fingerprint density at radius 2 is 1.47 bits per heavy atom. The van der Waals surface area contributed by atoms with Gasteiger partial charge in [-0.05, 0) is 60.4 Å². The van der Waals surface area contributed by atoms with Crippen LogP contribution in [0, 0.1) is 20.8 Å². The fraction of sp³-hybridized carbons (Fsp3) is 0.250. The predicted molar refractivity (Wildman–Crippen MR) is 128 cm³/mol. The molecular weight excluding hydrogens is 364 g/mol. The number of hydrogen-bond donors (Lipinski definition) is 0. The van der Waals surface area contributed by atoms with E-state index in [0.717, 1.165) is 0 Å². The third-order valence-corrected chi connectivity index (χ3v) is 7.07. The first-order valence-electron chi connectivity index (χ1n) is 10.9. The van der Waals surface area contributed by atoms with E-state index < -0.39 is 0 Å². The Morgan fingerprint density at radius 3 is 2.23 bits per heavy atom. The number of nitrogens with zero attached hydrogens (tertiary/aromatic N) is 2. The van der Waals surface area contributed by atoms with Crippen LogP contribution in [0.3, 0.4) is 0 Å². The van der Waals surface area contributed by atoms with E-state index in [9.17, 15) is 0 Å². The van der Waals surface area contributed by atoms with Crippen molar-refractivity contribution < 1.29 is 4.57 Å². The second-order valence-corrected chi connectivity index (χ2v) is 9.35. The zero-order valence-corrected chi connectivity index (χ0v) is 18.6. The molecule has 0 amide bonds. The van der Waals surface area contributed by atoms with Crippen LogP contribution in [0.2, 0.25) is 0 Å². The third kappa shape index (κ3) is 2.01. The SMILES string of the molecule is Cc1ccc(C)c2c1c1ccc(C)c3c1n2c1cc(C(C)C)cc2cc[n+](C)c3c21. The molecule has 0 aliphatic heterocycles. The molecule has 6 rings (SSSR count). The number of aryl methyl sites for hydroxylation is 4. The molecule has 0 spiro atoms. The fourth-order valence-electron chi connectivity index (χ4n) is 5.52. The minimum atomic E-state index is 0.488. The van der Waals surface area contributed by atoms with Crippen LogP contribution >= 0.6 is 0 Å². The standard InChI is InChI=1S/C28H27N2/c1-15(2)20-13-19-11-12-29(6)28-24-17(4)9-10-21-23-16(3)7-8-18(5)26(23)30(27(21)24)22(14-20)25(19)28/h7-15H,1-6H3/q+1. The van der Waals surface area contributed by atoms with Gasteiger partial charge in [0.25, 0.3) is 0 Å². The molecule has 0 N–H and O–H groups in total. The van der Waals surface area contributed by atoms with Gasteiger partial charge in [0.05, 0.1) is 27.3 Å². The highest BCUT2D eigenvalue weighted by molar-refractivity contribution is 6.26. The molecule has 0 radical (unpaired) electrons. The summed E-state index contributed by atoms with van der Waals surface area (Å²) in [7, 11) is 2.18. The van der Waals surface area contributed by atoms with Crippen molar-refractivity contribution >= 4 is 49.0 Å². The summed E-state index contributed by atoms with van der Waals surface area (Å²) in [5.74, 6) is 0.488. The summed E-state index contributed by atoms with van der Waals surface area (Å²) in [5.41, 5.74) is 10.8. The summed E-state index contributed by atoms with van der Waals surface area (Å²) < 4.78 is 4.88. The Hall–Kier alpha value is -3.13. The van der Waals surface area contributed by atoms with Gasteiger partial charge in [-0.15, -0.1) is 0 Å². The van der Waals surface area contributed by atoms with E-state index in [0.29, 0.717) is 5.92 Å². The highest BCUT2D eigenvalue weighted by Gasteiger charge is 2.25. The molecule has 0 saturated heterocycles. The molecule has 30 heavy (non-hydrogen) atoms. The molecule has 0 aliphatic rings. The first kappa shape index (κ1) is 17.7. The molecule has 2 heteroatoms. The largest absolute Gasteiger partial charge is 0.307 e. The van der Waals surface area contributed by atoms with Crippen molar-refractivity contribution in [3.05, 3.63) is 70.9 Å². The van der Waals surface area contributed by atoms with Gasteiger partial charge in [-0.25, -0.2) is 4.57 Å². The monoisotopic (exact) mass is 391 g/mol. The summed E-state index contributed by atoms with van der Waals surface area (Å²) in [6.07, 6.45) is 2.22. The van der Waals surface area contributed by atoms with Crippen LogP contribution in [-0.2, 0) is 7.05 Å². The molecule has 3 heterocycles. The highest BCUT2D eigenvalue weighted by atomic mass is 15.0. The van der Waals surface area contributed by atoms with Crippen molar-refractivity contribution in [2.24, 2.45) is 7.05 Å². The van der Waals surface area contributed by atoms with Crippen LogP contribution in [0.4, 0.5) is 0 Å². The van der Waals surface area contributed by atoms with E-state index in [4.69, 9.17) is 0 Å². The maximum absolute atomic E-state index is 2.57. The summed E-state index contributed by atoms with van der Waals surface area (Å²) >= 11 is 0. The normalized spacial score (nSPS) is 12.6. The first-order chi connectivity index (χ1) is 14.4. The van der Waals surface area contributed by atoms with Crippen LogP contribution in [0.5, 0.6) is 0 Å². The van der Waals surface area contributed by atoms with Gasteiger partial charge in [-0.3, -0.25) is 0 Å². The van der Waals surface area contributed by atoms with Gasteiger partial charge in [0, 0.05) is 16.8 Å². The quantitative estimate of drug-likeness (QED) is 0.164. The number of fused-ring (bicyclic) bond motifs is 5. The average Bonchev–Trinajstić information content (AvgIpc) is 3.08. The number of pyridine rings is 2. The van der Waals surface area contributed by atoms with Crippen LogP contribution in [-0.4, -0.2) is 4.40 Å². The molecule has 0 aliphatic carbocycles. The Balaban J connectivity index is 2.12. The van der Waals surface area contributed by atoms with E-state index in [2.05, 4.69) is 99.3 Å². The summed E-state index contributed by atoms with van der Waals surface area (Å²) in [4.78, 5) is 0. The lowest BCUT2D eigenvalue weighted by atomic mass is 9.95. The molecule has 0 bridgehead atoms. The van der Waals surface area contributed by atoms with E-state index in [-0.39, 0.29) is 0 Å². The van der Waals surface area contributed by atoms with Crippen LogP contribution < -0.4 is 4.57 Å². The molecule has 148 valence electrons. The van der Waals surface area contributed by atoms with Crippen molar-refractivity contribution in [1.82, 2.24) is 4.40 Å². The molecule has 3 aromatic heterocycles. The zero-order valence-electron chi connectivity index (χ0n) is 18.6. The molecule has 0 fully saturated rings. The number of benzene rings is 3. The van der Waals surface area contributed by atoms with Crippen LogP contribution in [0.15, 0.2) is 48.7 Å². The van der Waals surface area contributed by atoms with E-state index in [1.807, 2.05) is 0 Å². The van der Waals surface area contributed by atoms with Gasteiger partial charge in [-0.2, -0.15) is 0 Å². The van der Waals surface area contributed by atoms with Crippen molar-refractivity contribution in [3.8, 4) is 0 Å². The molecular formula is C28H27N2+. The fourth-order valence-corrected chi connectivity index (χ4v) is 5.52. The van der Waals surface area contributed by atoms with Gasteiger partial charge in [0.15, 0.2) is 6.20 Å². The number of hydrogen-bond acceptors (Lipinski definition) is 0. The number of rotatable bonds is 1. The smallest absolute Gasteiger partial charge is 0.224 e. The van der Waals surface area contributed by atoms with Crippen molar-refractivity contribution in [1.29, 1.82) is 0 Å². The second-order valence-electron chi connectivity index (χ2n) is 9.35. The van der Waals surface area contributed by atoms with Crippen LogP contribution in [0.25, 0.3) is 49.0 Å². The highest BCUT2D eigenvalue weighted by Crippen LogP contribution is 2.43. The van der Waals surface area contributed by atoms with E-state index in [1.54, 1.807) is 0 Å². The minimum absolute atomic E-state index is 0.488. The molecule has 0 unspecified atom stereocenters. The van der Waals surface area contributed by atoms with Gasteiger partial charge < -0.3 is 4.40 Å². The maximum atomic E-state index is 2.57. The van der Waals surface area contributed by atoms with E-state index >= 15 is 0 Å². The lowest BCUT2D eigenvalue weighted by molar-refractivity contribution is -0.643. The van der Waals surface area contributed by atoms with Gasteiger partial charge >= 0.3 is 0 Å². The van der Waals surface area contributed by atoms with Crippen LogP contribution in [0.1, 0.15) is 42.0 Å². The maximum Gasteiger partial charge on any atom is 0.224 e. The minimum Gasteiger partial charge on any atom is -0.307 e. The van der Waals surface area contributed by atoms with Crippen molar-refractivity contribution in [3.63, 3.8) is 0 Å². The lowest BCUT2D eigenvalue weighted by Crippen LogP contribution is -2.29. The molecule has 0 saturated carbocycles. The first-order valence-corrected chi connectivity index (χ1v) is 10.9. The Bertz CT molecular complexity index is 1650. The molecule has 3 aromatic carbocycles. The summed E-state index contributed by atoms with van der Waals surface area (Å²) in [5, 5.41) is 6.83. The second kappa shape index (κ2) is 5.72.